The molecule has 1 fully saturated rings. The van der Waals surface area contributed by atoms with E-state index in [-0.39, 0.29) is 49.6 Å². The molecule has 13 heavy (non-hydrogen) atoms. The Morgan fingerprint density at radius 1 is 1.38 bits per heavy atom. The molecule has 72 valence electrons. The molecule has 0 spiro atoms. The fourth-order valence-corrected chi connectivity index (χ4v) is 0.497. The van der Waals surface area contributed by atoms with Gasteiger partial charge in [-0.25, -0.2) is 23.7 Å². The molecular weight excluding hydrogens is 247 g/mol. The van der Waals surface area contributed by atoms with Crippen molar-refractivity contribution in [1.29, 1.82) is 0 Å². The van der Waals surface area contributed by atoms with Crippen molar-refractivity contribution < 1.29 is 18.8 Å². The summed E-state index contributed by atoms with van der Waals surface area (Å²) in [5.74, 6) is 0.0630. The molecule has 0 saturated heterocycles. The van der Waals surface area contributed by atoms with Crippen molar-refractivity contribution in [2.75, 3.05) is 0 Å². The molecule has 0 aromatic heterocycles. The molecule has 0 bridgehead atoms. The molecule has 0 amide bonds. The maximum Gasteiger partial charge on any atom is 2.00 e. The Morgan fingerprint density at radius 2 is 1.77 bits per heavy atom. The van der Waals surface area contributed by atoms with Gasteiger partial charge in [-0.2, -0.15) is 0 Å². The minimum Gasteiger partial charge on any atom is -0.769 e. The normalized spacial score (nSPS) is 11.7. The molecule has 0 aliphatic heterocycles. The number of hydrogen-bond donors (Lipinski definition) is 0. The third-order valence-electron chi connectivity index (χ3n) is 1.11. The summed E-state index contributed by atoms with van der Waals surface area (Å²) in [5.41, 5.74) is 0. The van der Waals surface area contributed by atoms with Crippen LogP contribution in [0.5, 0.6) is 0 Å². The van der Waals surface area contributed by atoms with E-state index in [1.165, 1.54) is 6.26 Å². The summed E-state index contributed by atoms with van der Waals surface area (Å²) >= 11 is 6.78. The average molecular weight is 255 g/mol. The third kappa shape index (κ3) is 13.0. The van der Waals surface area contributed by atoms with Crippen LogP contribution in [0, 0.1) is 5.92 Å². The number of esters is 1. The second-order valence-electron chi connectivity index (χ2n) is 1.88. The molecular formula is C6H8CaCl2O4. The molecule has 0 unspecified atom stereocenters. The molecule has 0 N–H and O–H groups in total. The Labute approximate surface area is 117 Å². The van der Waals surface area contributed by atoms with Crippen LogP contribution in [0.4, 0.5) is 0 Å². The fraction of sp³-hybridized carbons (Fsp3) is 0.500. The van der Waals surface area contributed by atoms with Crippen LogP contribution in [-0.2, 0) is 9.53 Å². The molecule has 0 aromatic rings. The van der Waals surface area contributed by atoms with E-state index in [0.29, 0.717) is 0 Å². The van der Waals surface area contributed by atoms with E-state index in [1.54, 1.807) is 0 Å². The van der Waals surface area contributed by atoms with Crippen LogP contribution in [0.25, 0.3) is 0 Å². The van der Waals surface area contributed by atoms with Crippen LogP contribution < -0.4 is 9.32 Å². The van der Waals surface area contributed by atoms with E-state index in [9.17, 15) is 4.79 Å². The zero-order valence-corrected chi connectivity index (χ0v) is 10.6. The molecule has 0 aromatic carbocycles. The number of ether oxygens (including phenoxy) is 1. The van der Waals surface area contributed by atoms with Gasteiger partial charge >= 0.3 is 43.7 Å². The van der Waals surface area contributed by atoms with Crippen molar-refractivity contribution in [2.45, 2.75) is 12.8 Å². The maximum atomic E-state index is 10.5. The Morgan fingerprint density at radius 3 is 2.00 bits per heavy atom. The van der Waals surface area contributed by atoms with Crippen molar-refractivity contribution in [1.82, 2.24) is 0 Å². The van der Waals surface area contributed by atoms with Crippen molar-refractivity contribution in [3.63, 3.8) is 0 Å². The van der Waals surface area contributed by atoms with Crippen molar-refractivity contribution in [3.8, 4) is 0 Å². The average Bonchev–Trinajstić information content (AvgIpc) is 2.95. The zero-order chi connectivity index (χ0) is 9.98. The zero-order valence-electron chi connectivity index (χ0n) is 6.87. The Kier molecular flexibility index (Phi) is 23.2. The maximum absolute atomic E-state index is 10.5. The van der Waals surface area contributed by atoms with Gasteiger partial charge in [0.1, 0.15) is 0 Å². The SMILES string of the molecule is C=COC(=O)C1CC1.[Ca+2].[O-]Cl.[O-]Cl. The Hall–Kier alpha value is 0.970. The van der Waals surface area contributed by atoms with Gasteiger partial charge in [0.05, 0.1) is 12.2 Å². The van der Waals surface area contributed by atoms with Crippen LogP contribution in [0.3, 0.4) is 0 Å². The molecule has 1 aliphatic rings. The summed E-state index contributed by atoms with van der Waals surface area (Å²) in [6.45, 7) is 3.27. The number of hydrogen-bond acceptors (Lipinski definition) is 4. The Bertz CT molecular complexity index is 130. The predicted octanol–water partition coefficient (Wildman–Crippen LogP) is -0.297. The van der Waals surface area contributed by atoms with Gasteiger partial charge in [0.25, 0.3) is 0 Å². The van der Waals surface area contributed by atoms with Gasteiger partial charge in [0, 0.05) is 0 Å². The minimum absolute atomic E-state index is 0. The van der Waals surface area contributed by atoms with E-state index in [0.717, 1.165) is 12.8 Å². The first kappa shape index (κ1) is 19.5. The second kappa shape index (κ2) is 15.4. The summed E-state index contributed by atoms with van der Waals surface area (Å²) in [7, 11) is 0. The van der Waals surface area contributed by atoms with Crippen molar-refractivity contribution in [3.05, 3.63) is 12.8 Å². The summed E-state index contributed by atoms with van der Waals surface area (Å²) in [6, 6.07) is 0. The smallest absolute Gasteiger partial charge is 0.769 e. The van der Waals surface area contributed by atoms with Crippen molar-refractivity contribution in [2.24, 2.45) is 5.92 Å². The molecule has 0 atom stereocenters. The number of rotatable bonds is 2. The molecule has 1 saturated carbocycles. The topological polar surface area (TPSA) is 72.4 Å². The predicted molar refractivity (Wildman–Crippen MR) is 46.5 cm³/mol. The first-order valence-electron chi connectivity index (χ1n) is 2.97. The van der Waals surface area contributed by atoms with Crippen LogP contribution in [0.2, 0.25) is 0 Å². The van der Waals surface area contributed by atoms with Gasteiger partial charge in [-0.15, -0.1) is 0 Å². The first-order valence-corrected chi connectivity index (χ1v) is 3.58. The summed E-state index contributed by atoms with van der Waals surface area (Å²) < 4.78 is 19.9. The molecule has 1 rings (SSSR count). The van der Waals surface area contributed by atoms with E-state index in [1.807, 2.05) is 0 Å². The van der Waals surface area contributed by atoms with E-state index in [4.69, 9.17) is 9.32 Å². The van der Waals surface area contributed by atoms with Gasteiger partial charge in [-0.1, -0.05) is 6.58 Å². The van der Waals surface area contributed by atoms with Gasteiger partial charge in [0.15, 0.2) is 0 Å². The second-order valence-corrected chi connectivity index (χ2v) is 1.88. The molecule has 4 nitrogen and oxygen atoms in total. The molecule has 1 aliphatic carbocycles. The first-order chi connectivity index (χ1) is 5.84. The van der Waals surface area contributed by atoms with Gasteiger partial charge in [0.2, 0.25) is 0 Å². The standard InChI is InChI=1S/C6H8O2.Ca.2ClO/c1-2-8-6(7)5-3-4-5;;2*1-2/h2,5H,1,3-4H2;;;/q;+2;2*-1. The molecule has 7 heteroatoms. The minimum atomic E-state index is -0.125. The largest absolute Gasteiger partial charge is 2.00 e. The third-order valence-corrected chi connectivity index (χ3v) is 1.11. The quantitative estimate of drug-likeness (QED) is 0.386. The fourth-order valence-electron chi connectivity index (χ4n) is 0.497. The van der Waals surface area contributed by atoms with Gasteiger partial charge in [-0.05, 0) is 12.8 Å². The summed E-state index contributed by atoms with van der Waals surface area (Å²) in [6.07, 6.45) is 3.17. The Balaban J connectivity index is -0.000000178. The van der Waals surface area contributed by atoms with Gasteiger partial charge < -0.3 is 14.1 Å². The van der Waals surface area contributed by atoms with Crippen molar-refractivity contribution >= 4 is 67.4 Å². The monoisotopic (exact) mass is 254 g/mol. The molecule has 0 heterocycles. The van der Waals surface area contributed by atoms with E-state index >= 15 is 0 Å². The van der Waals surface area contributed by atoms with Gasteiger partial charge in [-0.3, -0.25) is 4.79 Å². The van der Waals surface area contributed by atoms with Crippen LogP contribution >= 0.6 is 23.7 Å². The summed E-state index contributed by atoms with van der Waals surface area (Å²) in [5, 5.41) is 0. The number of halogens is 2. The number of carbonyl (C=O) groups excluding carboxylic acids is 1. The van der Waals surface area contributed by atoms with E-state index in [2.05, 4.69) is 35.0 Å². The van der Waals surface area contributed by atoms with Crippen LogP contribution in [-0.4, -0.2) is 43.7 Å². The van der Waals surface area contributed by atoms with Crippen LogP contribution in [0.1, 0.15) is 12.8 Å². The molecule has 0 radical (unpaired) electrons. The summed E-state index contributed by atoms with van der Waals surface area (Å²) in [4.78, 5) is 10.5. The van der Waals surface area contributed by atoms with Crippen LogP contribution in [0.15, 0.2) is 12.8 Å². The van der Waals surface area contributed by atoms with E-state index < -0.39 is 0 Å². The number of carbonyl (C=O) groups is 1.